The Kier molecular flexibility index (Phi) is 5.29. The number of rotatable bonds is 0. The van der Waals surface area contributed by atoms with E-state index in [0.717, 1.165) is 0 Å². The van der Waals surface area contributed by atoms with E-state index in [1.165, 1.54) is 11.1 Å². The Labute approximate surface area is 69.9 Å². The summed E-state index contributed by atoms with van der Waals surface area (Å²) < 4.78 is 16.6. The van der Waals surface area contributed by atoms with Crippen LogP contribution in [-0.4, -0.2) is 8.42 Å². The summed E-state index contributed by atoms with van der Waals surface area (Å²) in [5, 5.41) is 0. The van der Waals surface area contributed by atoms with Gasteiger partial charge in [0.2, 0.25) is 0 Å². The van der Waals surface area contributed by atoms with E-state index in [1.807, 2.05) is 0 Å². The number of hydrogen-bond donors (Lipinski definition) is 0. The van der Waals surface area contributed by atoms with Gasteiger partial charge in [0.25, 0.3) is 0 Å². The van der Waals surface area contributed by atoms with Gasteiger partial charge in [-0.3, -0.25) is 0 Å². The number of benzene rings is 1. The lowest BCUT2D eigenvalue weighted by molar-refractivity contribution is 0.630. The third-order valence-electron chi connectivity index (χ3n) is 1.43. The van der Waals surface area contributed by atoms with Crippen LogP contribution < -0.4 is 0 Å². The minimum Gasteiger partial charge on any atom is -0.168 e. The zero-order valence-electron chi connectivity index (χ0n) is 6.53. The normalized spacial score (nSPS) is 7.82. The van der Waals surface area contributed by atoms with Crippen molar-refractivity contribution < 1.29 is 8.42 Å². The Morgan fingerprint density at radius 2 is 1.27 bits per heavy atom. The highest BCUT2D eigenvalue weighted by Gasteiger charge is 1.83. The van der Waals surface area contributed by atoms with Crippen molar-refractivity contribution in [2.45, 2.75) is 13.8 Å². The van der Waals surface area contributed by atoms with Gasteiger partial charge in [0.1, 0.15) is 0 Å². The molecule has 1 aromatic carbocycles. The molecule has 0 aliphatic rings. The molecule has 0 atom stereocenters. The molecule has 0 amide bonds. The summed E-state index contributed by atoms with van der Waals surface area (Å²) in [5.74, 6) is 0. The fourth-order valence-corrected chi connectivity index (χ4v) is 0.663. The first-order valence-electron chi connectivity index (χ1n) is 3.16. The average molecular weight is 170 g/mol. The maximum Gasteiger partial charge on any atom is 0.335 e. The summed E-state index contributed by atoms with van der Waals surface area (Å²) in [6.07, 6.45) is 0. The first-order chi connectivity index (χ1) is 5.22. The summed E-state index contributed by atoms with van der Waals surface area (Å²) in [6.45, 7) is 4.24. The largest absolute Gasteiger partial charge is 0.335 e. The van der Waals surface area contributed by atoms with Gasteiger partial charge in [-0.2, -0.15) is 8.42 Å². The monoisotopic (exact) mass is 170 g/mol. The second kappa shape index (κ2) is 5.80. The summed E-state index contributed by atoms with van der Waals surface area (Å²) in [5.41, 5.74) is 2.74. The molecule has 0 saturated heterocycles. The van der Waals surface area contributed by atoms with Crippen molar-refractivity contribution in [3.8, 4) is 0 Å². The summed E-state index contributed by atoms with van der Waals surface area (Å²) in [4.78, 5) is 0. The molecule has 0 radical (unpaired) electrons. The van der Waals surface area contributed by atoms with Crippen LogP contribution in [0.1, 0.15) is 11.1 Å². The Morgan fingerprint density at radius 3 is 1.45 bits per heavy atom. The van der Waals surface area contributed by atoms with E-state index in [2.05, 4.69) is 38.1 Å². The number of hydrogen-bond acceptors (Lipinski definition) is 2. The Balaban J connectivity index is 0.000000292. The molecule has 0 spiro atoms. The van der Waals surface area contributed by atoms with Crippen LogP contribution in [0.4, 0.5) is 0 Å². The summed E-state index contributed by atoms with van der Waals surface area (Å²) in [6, 6.07) is 8.36. The molecule has 0 fully saturated rings. The quantitative estimate of drug-likeness (QED) is 0.593. The Hall–Kier alpha value is -0.960. The highest BCUT2D eigenvalue weighted by molar-refractivity contribution is 7.51. The van der Waals surface area contributed by atoms with Crippen molar-refractivity contribution in [1.29, 1.82) is 0 Å². The van der Waals surface area contributed by atoms with Crippen molar-refractivity contribution in [1.82, 2.24) is 0 Å². The molecule has 0 unspecified atom stereocenters. The molecule has 11 heavy (non-hydrogen) atoms. The zero-order valence-corrected chi connectivity index (χ0v) is 7.35. The third-order valence-corrected chi connectivity index (χ3v) is 1.43. The van der Waals surface area contributed by atoms with Gasteiger partial charge in [0.15, 0.2) is 0 Å². The second-order valence-electron chi connectivity index (χ2n) is 2.15. The van der Waals surface area contributed by atoms with Gasteiger partial charge in [0.05, 0.1) is 0 Å². The van der Waals surface area contributed by atoms with Crippen molar-refractivity contribution in [2.75, 3.05) is 0 Å². The van der Waals surface area contributed by atoms with Crippen LogP contribution in [0.15, 0.2) is 24.3 Å². The van der Waals surface area contributed by atoms with Crippen LogP contribution in [-0.2, 0) is 11.6 Å². The van der Waals surface area contributed by atoms with E-state index in [-0.39, 0.29) is 0 Å². The molecule has 1 rings (SSSR count). The Bertz CT molecular complexity index is 231. The first kappa shape index (κ1) is 10.0. The van der Waals surface area contributed by atoms with Gasteiger partial charge in [-0.15, -0.1) is 0 Å². The molecule has 0 aliphatic heterocycles. The van der Waals surface area contributed by atoms with Crippen LogP contribution in [0.5, 0.6) is 0 Å². The minimum absolute atomic E-state index is 0.750. The molecule has 0 aromatic heterocycles. The fourth-order valence-electron chi connectivity index (χ4n) is 0.663. The number of aryl methyl sites for hydroxylation is 2. The summed E-state index contributed by atoms with van der Waals surface area (Å²) in [7, 11) is 0. The van der Waals surface area contributed by atoms with E-state index >= 15 is 0 Å². The highest BCUT2D eigenvalue weighted by atomic mass is 32.1. The predicted octanol–water partition coefficient (Wildman–Crippen LogP) is 1.63. The van der Waals surface area contributed by atoms with E-state index in [0.29, 0.717) is 0 Å². The van der Waals surface area contributed by atoms with Gasteiger partial charge >= 0.3 is 11.6 Å². The Morgan fingerprint density at radius 1 is 1.00 bits per heavy atom. The second-order valence-corrected chi connectivity index (χ2v) is 2.29. The molecule has 1 aromatic rings. The van der Waals surface area contributed by atoms with E-state index in [9.17, 15) is 0 Å². The molecular weight excluding hydrogens is 160 g/mol. The minimum atomic E-state index is -0.750. The standard InChI is InChI=1S/C8H10.O2S/c1-7-5-3-4-6-8(7)2;1-3-2/h3-6H,1-2H3;. The van der Waals surface area contributed by atoms with E-state index < -0.39 is 11.6 Å². The zero-order chi connectivity index (χ0) is 8.69. The van der Waals surface area contributed by atoms with Crippen LogP contribution in [0.3, 0.4) is 0 Å². The topological polar surface area (TPSA) is 34.1 Å². The third kappa shape index (κ3) is 4.44. The van der Waals surface area contributed by atoms with Crippen LogP contribution >= 0.6 is 0 Å². The molecule has 0 aliphatic carbocycles. The van der Waals surface area contributed by atoms with Crippen molar-refractivity contribution >= 4 is 11.6 Å². The molecule has 0 N–H and O–H groups in total. The van der Waals surface area contributed by atoms with Gasteiger partial charge in [-0.05, 0) is 25.0 Å². The SMILES string of the molecule is Cc1ccccc1C.O=S=O. The lowest BCUT2D eigenvalue weighted by atomic mass is 10.1. The van der Waals surface area contributed by atoms with Crippen LogP contribution in [0.25, 0.3) is 0 Å². The maximum atomic E-state index is 8.29. The maximum absolute atomic E-state index is 8.29. The van der Waals surface area contributed by atoms with Crippen LogP contribution in [0.2, 0.25) is 0 Å². The molecule has 60 valence electrons. The molecule has 2 nitrogen and oxygen atoms in total. The fraction of sp³-hybridized carbons (Fsp3) is 0.250. The highest BCUT2D eigenvalue weighted by Crippen LogP contribution is 2.02. The lowest BCUT2D eigenvalue weighted by Gasteiger charge is -1.93. The van der Waals surface area contributed by atoms with Crippen molar-refractivity contribution in [3.05, 3.63) is 35.4 Å². The van der Waals surface area contributed by atoms with Gasteiger partial charge < -0.3 is 0 Å². The van der Waals surface area contributed by atoms with Gasteiger partial charge in [0, 0.05) is 0 Å². The first-order valence-corrected chi connectivity index (χ1v) is 3.83. The van der Waals surface area contributed by atoms with Crippen molar-refractivity contribution in [2.24, 2.45) is 0 Å². The predicted molar refractivity (Wildman–Crippen MR) is 44.8 cm³/mol. The van der Waals surface area contributed by atoms with E-state index in [1.54, 1.807) is 0 Å². The molecule has 0 bridgehead atoms. The van der Waals surface area contributed by atoms with Crippen LogP contribution in [0, 0.1) is 13.8 Å². The van der Waals surface area contributed by atoms with Crippen molar-refractivity contribution in [3.63, 3.8) is 0 Å². The molecule has 0 saturated carbocycles. The summed E-state index contributed by atoms with van der Waals surface area (Å²) >= 11 is -0.750. The van der Waals surface area contributed by atoms with Gasteiger partial charge in [-0.1, -0.05) is 24.3 Å². The average Bonchev–Trinajstić information content (AvgIpc) is 1.97. The molecule has 3 heteroatoms. The smallest absolute Gasteiger partial charge is 0.168 e. The molecular formula is C8H10O2S. The molecule has 0 heterocycles. The van der Waals surface area contributed by atoms with E-state index in [4.69, 9.17) is 8.42 Å². The van der Waals surface area contributed by atoms with Gasteiger partial charge in [-0.25, -0.2) is 0 Å². The lowest BCUT2D eigenvalue weighted by Crippen LogP contribution is -1.74.